The fourth-order valence-corrected chi connectivity index (χ4v) is 2.08. The lowest BCUT2D eigenvalue weighted by Gasteiger charge is -2.07. The number of methoxy groups -OCH3 is 1. The van der Waals surface area contributed by atoms with Crippen molar-refractivity contribution in [2.75, 3.05) is 32.2 Å². The Bertz CT molecular complexity index is 678. The predicted octanol–water partition coefficient (Wildman–Crippen LogP) is 3.76. The number of carbonyl (C=O) groups excluding carboxylic acids is 1. The van der Waals surface area contributed by atoms with Gasteiger partial charge in [-0.1, -0.05) is 12.1 Å². The average molecular weight is 341 g/mol. The van der Waals surface area contributed by atoms with Gasteiger partial charge in [-0.2, -0.15) is 0 Å². The highest BCUT2D eigenvalue weighted by Crippen LogP contribution is 2.16. The summed E-state index contributed by atoms with van der Waals surface area (Å²) in [6.07, 6.45) is 3.26. The van der Waals surface area contributed by atoms with Crippen molar-refractivity contribution < 1.29 is 19.0 Å². The molecule has 0 radical (unpaired) electrons. The molecule has 0 saturated heterocycles. The standard InChI is InChI=1S/C20H23NO4/c1-3-24-18-9-4-16(5-10-18)6-13-20(22)21-17-7-11-19(12-8-17)25-15-14-23-2/h4-13H,3,14-15H2,1-2H3,(H,21,22)/b13-6+. The van der Waals surface area contributed by atoms with Crippen LogP contribution in [-0.4, -0.2) is 32.8 Å². The lowest BCUT2D eigenvalue weighted by molar-refractivity contribution is -0.111. The van der Waals surface area contributed by atoms with E-state index in [1.54, 1.807) is 37.5 Å². The van der Waals surface area contributed by atoms with E-state index in [-0.39, 0.29) is 5.91 Å². The molecule has 0 aliphatic heterocycles. The first-order valence-electron chi connectivity index (χ1n) is 8.15. The summed E-state index contributed by atoms with van der Waals surface area (Å²) >= 11 is 0. The number of amides is 1. The molecule has 0 aromatic heterocycles. The number of nitrogens with one attached hydrogen (secondary N) is 1. The highest BCUT2D eigenvalue weighted by Gasteiger charge is 2.00. The maximum absolute atomic E-state index is 12.0. The average Bonchev–Trinajstić information content (AvgIpc) is 2.63. The fraction of sp³-hybridized carbons (Fsp3) is 0.250. The van der Waals surface area contributed by atoms with Gasteiger partial charge >= 0.3 is 0 Å². The van der Waals surface area contributed by atoms with Crippen LogP contribution in [0.25, 0.3) is 6.08 Å². The quantitative estimate of drug-likeness (QED) is 0.557. The van der Waals surface area contributed by atoms with Crippen molar-refractivity contribution in [3.8, 4) is 11.5 Å². The number of benzene rings is 2. The van der Waals surface area contributed by atoms with E-state index in [1.807, 2.05) is 31.2 Å². The van der Waals surface area contributed by atoms with Crippen LogP contribution in [0.2, 0.25) is 0 Å². The normalized spacial score (nSPS) is 10.6. The number of anilines is 1. The third-order valence-corrected chi connectivity index (χ3v) is 3.30. The Kier molecular flexibility index (Phi) is 7.53. The molecule has 132 valence electrons. The molecule has 1 amide bonds. The largest absolute Gasteiger partial charge is 0.494 e. The van der Waals surface area contributed by atoms with E-state index in [0.29, 0.717) is 25.5 Å². The maximum Gasteiger partial charge on any atom is 0.248 e. The molecule has 25 heavy (non-hydrogen) atoms. The Labute approximate surface area is 148 Å². The number of ether oxygens (including phenoxy) is 3. The molecule has 0 bridgehead atoms. The summed E-state index contributed by atoms with van der Waals surface area (Å²) in [5.74, 6) is 1.36. The van der Waals surface area contributed by atoms with Crippen molar-refractivity contribution in [1.29, 1.82) is 0 Å². The molecule has 2 rings (SSSR count). The van der Waals surface area contributed by atoms with Gasteiger partial charge in [0.1, 0.15) is 18.1 Å². The summed E-state index contributed by atoms with van der Waals surface area (Å²) in [4.78, 5) is 12.0. The second-order valence-electron chi connectivity index (χ2n) is 5.19. The summed E-state index contributed by atoms with van der Waals surface area (Å²) in [6.45, 7) is 3.60. The predicted molar refractivity (Wildman–Crippen MR) is 99.1 cm³/mol. The van der Waals surface area contributed by atoms with E-state index in [1.165, 1.54) is 6.08 Å². The van der Waals surface area contributed by atoms with Crippen molar-refractivity contribution in [1.82, 2.24) is 0 Å². The van der Waals surface area contributed by atoms with Crippen molar-refractivity contribution in [3.63, 3.8) is 0 Å². The van der Waals surface area contributed by atoms with Crippen molar-refractivity contribution in [2.45, 2.75) is 6.92 Å². The van der Waals surface area contributed by atoms with Gasteiger partial charge in [0.25, 0.3) is 0 Å². The maximum atomic E-state index is 12.0. The van der Waals surface area contributed by atoms with Crippen LogP contribution in [-0.2, 0) is 9.53 Å². The van der Waals surface area contributed by atoms with Crippen LogP contribution in [0.15, 0.2) is 54.6 Å². The van der Waals surface area contributed by atoms with Gasteiger partial charge < -0.3 is 19.5 Å². The van der Waals surface area contributed by atoms with Gasteiger partial charge in [-0.15, -0.1) is 0 Å². The lowest BCUT2D eigenvalue weighted by atomic mass is 10.2. The van der Waals surface area contributed by atoms with E-state index in [0.717, 1.165) is 17.1 Å². The first kappa shape index (κ1) is 18.5. The molecule has 1 N–H and O–H groups in total. The molecule has 2 aromatic rings. The van der Waals surface area contributed by atoms with Gasteiger partial charge in [0.05, 0.1) is 13.2 Å². The summed E-state index contributed by atoms with van der Waals surface area (Å²) < 4.78 is 15.8. The van der Waals surface area contributed by atoms with Crippen LogP contribution in [0.3, 0.4) is 0 Å². The van der Waals surface area contributed by atoms with E-state index < -0.39 is 0 Å². The van der Waals surface area contributed by atoms with E-state index >= 15 is 0 Å². The Morgan fingerprint density at radius 3 is 2.24 bits per heavy atom. The highest BCUT2D eigenvalue weighted by molar-refractivity contribution is 6.01. The van der Waals surface area contributed by atoms with E-state index in [9.17, 15) is 4.79 Å². The van der Waals surface area contributed by atoms with Crippen molar-refractivity contribution in [3.05, 3.63) is 60.2 Å². The zero-order valence-electron chi connectivity index (χ0n) is 14.5. The molecule has 0 atom stereocenters. The molecule has 5 heteroatoms. The molecule has 0 heterocycles. The third-order valence-electron chi connectivity index (χ3n) is 3.30. The zero-order valence-corrected chi connectivity index (χ0v) is 14.5. The molecule has 0 saturated carbocycles. The number of hydrogen-bond donors (Lipinski definition) is 1. The van der Waals surface area contributed by atoms with Gasteiger partial charge in [0, 0.05) is 18.9 Å². The second kappa shape index (κ2) is 10.2. The van der Waals surface area contributed by atoms with Gasteiger partial charge in [0.15, 0.2) is 0 Å². The minimum Gasteiger partial charge on any atom is -0.494 e. The van der Waals surface area contributed by atoms with Gasteiger partial charge in [-0.25, -0.2) is 0 Å². The number of hydrogen-bond acceptors (Lipinski definition) is 4. The zero-order chi connectivity index (χ0) is 17.9. The van der Waals surface area contributed by atoms with Gasteiger partial charge in [-0.3, -0.25) is 4.79 Å². The van der Waals surface area contributed by atoms with Gasteiger partial charge in [0.2, 0.25) is 5.91 Å². The molecule has 2 aromatic carbocycles. The molecule has 5 nitrogen and oxygen atoms in total. The van der Waals surface area contributed by atoms with Crippen LogP contribution in [0, 0.1) is 0 Å². The van der Waals surface area contributed by atoms with Crippen molar-refractivity contribution in [2.24, 2.45) is 0 Å². The van der Waals surface area contributed by atoms with Crippen molar-refractivity contribution >= 4 is 17.7 Å². The number of carbonyl (C=O) groups is 1. The minimum absolute atomic E-state index is 0.193. The third kappa shape index (κ3) is 6.69. The topological polar surface area (TPSA) is 56.8 Å². The molecule has 0 aliphatic carbocycles. The molecule has 0 aliphatic rings. The van der Waals surface area contributed by atoms with Crippen LogP contribution < -0.4 is 14.8 Å². The van der Waals surface area contributed by atoms with E-state index in [4.69, 9.17) is 14.2 Å². The molecule has 0 fully saturated rings. The molecule has 0 spiro atoms. The van der Waals surface area contributed by atoms with Gasteiger partial charge in [-0.05, 0) is 55.0 Å². The van der Waals surface area contributed by atoms with Crippen LogP contribution in [0.5, 0.6) is 11.5 Å². The monoisotopic (exact) mass is 341 g/mol. The fourth-order valence-electron chi connectivity index (χ4n) is 2.08. The molecular formula is C20H23NO4. The van der Waals surface area contributed by atoms with Crippen LogP contribution in [0.4, 0.5) is 5.69 Å². The highest BCUT2D eigenvalue weighted by atomic mass is 16.5. The lowest BCUT2D eigenvalue weighted by Crippen LogP contribution is -2.08. The Hall–Kier alpha value is -2.79. The Morgan fingerprint density at radius 2 is 1.60 bits per heavy atom. The van der Waals surface area contributed by atoms with Crippen LogP contribution >= 0.6 is 0 Å². The summed E-state index contributed by atoms with van der Waals surface area (Å²) in [6, 6.07) is 14.8. The summed E-state index contributed by atoms with van der Waals surface area (Å²) in [7, 11) is 1.63. The second-order valence-corrected chi connectivity index (χ2v) is 5.19. The minimum atomic E-state index is -0.193. The molecule has 0 unspecified atom stereocenters. The Morgan fingerprint density at radius 1 is 0.960 bits per heavy atom. The Balaban J connectivity index is 1.84. The van der Waals surface area contributed by atoms with E-state index in [2.05, 4.69) is 5.32 Å². The molecular weight excluding hydrogens is 318 g/mol. The smallest absolute Gasteiger partial charge is 0.248 e. The first-order valence-corrected chi connectivity index (χ1v) is 8.15. The van der Waals surface area contributed by atoms with Crippen LogP contribution in [0.1, 0.15) is 12.5 Å². The summed E-state index contributed by atoms with van der Waals surface area (Å²) in [5.41, 5.74) is 1.64. The SMILES string of the molecule is CCOc1ccc(/C=C/C(=O)Nc2ccc(OCCOC)cc2)cc1. The first-order chi connectivity index (χ1) is 12.2. The number of rotatable bonds is 9. The summed E-state index contributed by atoms with van der Waals surface area (Å²) in [5, 5.41) is 2.81.